The molecular formula is C12H10N4O9. The lowest BCUT2D eigenvalue weighted by Crippen LogP contribution is -2.28. The van der Waals surface area contributed by atoms with E-state index in [-0.39, 0.29) is 6.07 Å². The van der Waals surface area contributed by atoms with Gasteiger partial charge in [-0.25, -0.2) is 0 Å². The van der Waals surface area contributed by atoms with Crippen molar-refractivity contribution in [2.24, 2.45) is 0 Å². The van der Waals surface area contributed by atoms with E-state index >= 15 is 0 Å². The molecule has 0 spiro atoms. The van der Waals surface area contributed by atoms with Gasteiger partial charge < -0.3 is 15.4 Å². The van der Waals surface area contributed by atoms with E-state index in [0.717, 1.165) is 10.4 Å². The van der Waals surface area contributed by atoms with Crippen LogP contribution in [0, 0.1) is 42.5 Å². The highest BCUT2D eigenvalue weighted by molar-refractivity contribution is 5.73. The van der Waals surface area contributed by atoms with Gasteiger partial charge in [0.2, 0.25) is 0 Å². The Kier molecular flexibility index (Phi) is 5.70. The monoisotopic (exact) mass is 354 g/mol. The Morgan fingerprint density at radius 3 is 1.68 bits per heavy atom. The maximum atomic E-state index is 10.5. The average Bonchev–Trinajstić information content (AvgIpc) is 2.50. The third kappa shape index (κ3) is 4.25. The molecule has 1 aromatic carbocycles. The minimum atomic E-state index is -1.48. The quantitative estimate of drug-likeness (QED) is 0.354. The molecule has 0 saturated heterocycles. The Morgan fingerprint density at radius 2 is 1.40 bits per heavy atom. The normalized spacial score (nSPS) is 9.64. The smallest absolute Gasteiger partial charge is 0.366 e. The van der Waals surface area contributed by atoms with Crippen molar-refractivity contribution in [2.45, 2.75) is 6.92 Å². The van der Waals surface area contributed by atoms with Crippen LogP contribution in [0.25, 0.3) is 0 Å². The molecule has 0 fully saturated rings. The number of aromatic hydroxyl groups is 2. The van der Waals surface area contributed by atoms with Gasteiger partial charge in [-0.05, 0) is 0 Å². The molecule has 132 valence electrons. The van der Waals surface area contributed by atoms with Crippen LogP contribution in [-0.2, 0) is 0 Å². The lowest BCUT2D eigenvalue weighted by molar-refractivity contribution is -0.612. The Hall–Kier alpha value is -4.03. The van der Waals surface area contributed by atoms with Crippen LogP contribution in [0.4, 0.5) is 17.1 Å². The molecule has 0 aliphatic heterocycles. The van der Waals surface area contributed by atoms with Crippen LogP contribution in [0.5, 0.6) is 11.5 Å². The van der Waals surface area contributed by atoms with Crippen molar-refractivity contribution in [3.8, 4) is 11.5 Å². The number of nitro benzene ring substituents is 3. The summed E-state index contributed by atoms with van der Waals surface area (Å²) in [5.41, 5.74) is -3.22. The van der Waals surface area contributed by atoms with Crippen molar-refractivity contribution in [3.63, 3.8) is 0 Å². The molecule has 13 nitrogen and oxygen atoms in total. The first kappa shape index (κ1) is 19.0. The molecule has 1 aromatic heterocycles. The second kappa shape index (κ2) is 7.49. The molecule has 0 unspecified atom stereocenters. The van der Waals surface area contributed by atoms with E-state index in [1.165, 1.54) is 6.20 Å². The standard InChI is InChI=1S/C6H3N3O8.C6H7NO/c10-5-2(7(12)13)1-3(8(14)15)6(11)4(5)9(16)17;1-6-4-2-3-5-7(6)8/h1,10-11H;2-5H,1H3. The summed E-state index contributed by atoms with van der Waals surface area (Å²) in [5, 5.41) is 60.1. The first-order chi connectivity index (χ1) is 11.6. The van der Waals surface area contributed by atoms with Crippen LogP contribution in [0.1, 0.15) is 5.69 Å². The predicted molar refractivity (Wildman–Crippen MR) is 79.9 cm³/mol. The summed E-state index contributed by atoms with van der Waals surface area (Å²) in [6.07, 6.45) is 1.48. The van der Waals surface area contributed by atoms with Gasteiger partial charge >= 0.3 is 17.1 Å². The highest BCUT2D eigenvalue weighted by atomic mass is 16.6. The maximum Gasteiger partial charge on any atom is 0.366 e. The molecule has 13 heteroatoms. The molecule has 25 heavy (non-hydrogen) atoms. The number of aryl methyl sites for hydroxylation is 1. The highest BCUT2D eigenvalue weighted by Gasteiger charge is 2.36. The molecule has 0 bridgehead atoms. The molecule has 0 saturated carbocycles. The van der Waals surface area contributed by atoms with Gasteiger partial charge in [-0.3, -0.25) is 30.3 Å². The molecule has 0 aliphatic rings. The summed E-state index contributed by atoms with van der Waals surface area (Å²) in [6.45, 7) is 1.77. The number of aromatic nitrogens is 1. The second-order valence-corrected chi connectivity index (χ2v) is 4.40. The largest absolute Gasteiger partial charge is 0.619 e. The molecule has 0 amide bonds. The minimum absolute atomic E-state index is 0.234. The van der Waals surface area contributed by atoms with E-state index < -0.39 is 43.3 Å². The fourth-order valence-electron chi connectivity index (χ4n) is 1.59. The van der Waals surface area contributed by atoms with E-state index in [9.17, 15) is 35.6 Å². The van der Waals surface area contributed by atoms with E-state index in [0.29, 0.717) is 0 Å². The van der Waals surface area contributed by atoms with Gasteiger partial charge in [-0.2, -0.15) is 4.73 Å². The van der Waals surface area contributed by atoms with Gasteiger partial charge in [0.15, 0.2) is 11.9 Å². The van der Waals surface area contributed by atoms with Crippen LogP contribution < -0.4 is 4.73 Å². The van der Waals surface area contributed by atoms with Crippen LogP contribution in [0.3, 0.4) is 0 Å². The van der Waals surface area contributed by atoms with Crippen molar-refractivity contribution in [2.75, 3.05) is 0 Å². The third-order valence-corrected chi connectivity index (χ3v) is 2.80. The summed E-state index contributed by atoms with van der Waals surface area (Å²) in [6, 6.07) is 5.55. The van der Waals surface area contributed by atoms with Gasteiger partial charge in [-0.1, -0.05) is 6.07 Å². The number of phenolic OH excluding ortho intramolecular Hbond substituents is 2. The minimum Gasteiger partial charge on any atom is -0.619 e. The zero-order valence-corrected chi connectivity index (χ0v) is 12.4. The molecule has 2 aromatic rings. The number of rotatable bonds is 3. The van der Waals surface area contributed by atoms with E-state index in [2.05, 4.69) is 0 Å². The van der Waals surface area contributed by atoms with Crippen LogP contribution in [0.15, 0.2) is 30.5 Å². The summed E-state index contributed by atoms with van der Waals surface area (Å²) in [5.74, 6) is -2.88. The van der Waals surface area contributed by atoms with Gasteiger partial charge in [0, 0.05) is 19.1 Å². The van der Waals surface area contributed by atoms with E-state index in [1.807, 2.05) is 6.07 Å². The molecule has 0 atom stereocenters. The molecule has 1 heterocycles. The zero-order chi connectivity index (χ0) is 19.3. The van der Waals surface area contributed by atoms with Crippen LogP contribution >= 0.6 is 0 Å². The number of pyridine rings is 1. The molecule has 0 radical (unpaired) electrons. The SMILES string of the molecule is Cc1cccc[n+]1[O-].O=[N+]([O-])c1cc([N+](=O)[O-])c(O)c([N+](=O)[O-])c1O. The number of hydrogen-bond donors (Lipinski definition) is 2. The fraction of sp³-hybridized carbons (Fsp3) is 0.0833. The van der Waals surface area contributed by atoms with E-state index in [1.54, 1.807) is 19.1 Å². The lowest BCUT2D eigenvalue weighted by Gasteiger charge is -2.00. The number of benzene rings is 1. The van der Waals surface area contributed by atoms with Gasteiger partial charge in [0.1, 0.15) is 6.07 Å². The summed E-state index contributed by atoms with van der Waals surface area (Å²) >= 11 is 0. The lowest BCUT2D eigenvalue weighted by atomic mass is 10.2. The van der Waals surface area contributed by atoms with E-state index in [4.69, 9.17) is 10.2 Å². The predicted octanol–water partition coefficient (Wildman–Crippen LogP) is 1.45. The number of phenols is 2. The molecule has 2 rings (SSSR count). The molecular weight excluding hydrogens is 344 g/mol. The fourth-order valence-corrected chi connectivity index (χ4v) is 1.59. The van der Waals surface area contributed by atoms with Crippen molar-refractivity contribution < 1.29 is 29.7 Å². The second-order valence-electron chi connectivity index (χ2n) is 4.40. The van der Waals surface area contributed by atoms with Crippen molar-refractivity contribution in [3.05, 3.63) is 71.7 Å². The zero-order valence-electron chi connectivity index (χ0n) is 12.4. The van der Waals surface area contributed by atoms with Gasteiger partial charge in [-0.15, -0.1) is 0 Å². The van der Waals surface area contributed by atoms with Crippen molar-refractivity contribution in [1.82, 2.24) is 0 Å². The highest BCUT2D eigenvalue weighted by Crippen LogP contribution is 2.47. The third-order valence-electron chi connectivity index (χ3n) is 2.80. The Balaban J connectivity index is 0.000000324. The summed E-state index contributed by atoms with van der Waals surface area (Å²) < 4.78 is 0.833. The van der Waals surface area contributed by atoms with Gasteiger partial charge in [0.25, 0.3) is 11.5 Å². The number of hydrogen-bond acceptors (Lipinski definition) is 9. The average molecular weight is 354 g/mol. The summed E-state index contributed by atoms with van der Waals surface area (Å²) in [7, 11) is 0. The molecule has 0 aliphatic carbocycles. The summed E-state index contributed by atoms with van der Waals surface area (Å²) in [4.78, 5) is 27.4. The maximum absolute atomic E-state index is 10.5. The van der Waals surface area contributed by atoms with Crippen LogP contribution in [-0.4, -0.2) is 25.0 Å². The van der Waals surface area contributed by atoms with Crippen LogP contribution in [0.2, 0.25) is 0 Å². The van der Waals surface area contributed by atoms with Gasteiger partial charge in [0.05, 0.1) is 14.8 Å². The number of nitro groups is 3. The Morgan fingerprint density at radius 1 is 0.920 bits per heavy atom. The Bertz CT molecular complexity index is 793. The first-order valence-electron chi connectivity index (χ1n) is 6.24. The molecule has 2 N–H and O–H groups in total. The topological polar surface area (TPSA) is 197 Å². The Labute approximate surface area is 138 Å². The number of nitrogens with zero attached hydrogens (tertiary/aromatic N) is 4. The first-order valence-corrected chi connectivity index (χ1v) is 6.24. The van der Waals surface area contributed by atoms with Crippen molar-refractivity contribution >= 4 is 17.1 Å². The van der Waals surface area contributed by atoms with Crippen molar-refractivity contribution in [1.29, 1.82) is 0 Å².